The summed E-state index contributed by atoms with van der Waals surface area (Å²) in [6.07, 6.45) is 0. The van der Waals surface area contributed by atoms with E-state index in [0.29, 0.717) is 0 Å². The average Bonchev–Trinajstić information content (AvgIpc) is 1.00. The minimum atomic E-state index is 0. The molecule has 0 aliphatic rings. The average molecular weight is 182 g/mol. The Morgan fingerprint density at radius 2 is 1.20 bits per heavy atom. The molecule has 0 amide bonds. The van der Waals surface area contributed by atoms with E-state index in [1.54, 1.807) is 0 Å². The van der Waals surface area contributed by atoms with Crippen LogP contribution in [0.15, 0.2) is 0 Å². The van der Waals surface area contributed by atoms with Gasteiger partial charge in [0.05, 0.1) is 0 Å². The van der Waals surface area contributed by atoms with Crippen LogP contribution in [0.25, 0.3) is 0 Å². The summed E-state index contributed by atoms with van der Waals surface area (Å²) in [5.41, 5.74) is 0. The molecule has 0 bridgehead atoms. The third-order valence-electron chi connectivity index (χ3n) is 0. The van der Waals surface area contributed by atoms with Crippen molar-refractivity contribution < 1.29 is 41.5 Å². The Kier molecular flexibility index (Phi) is 392. The van der Waals surface area contributed by atoms with Gasteiger partial charge in [-0.2, -0.15) is 0 Å². The molecule has 0 aromatic heterocycles. The van der Waals surface area contributed by atoms with Gasteiger partial charge in [0.15, 0.2) is 17.4 Å². The quantitative estimate of drug-likeness (QED) is 0.394. The van der Waals surface area contributed by atoms with Crippen molar-refractivity contribution in [1.29, 1.82) is 0 Å². The fourth-order valence-corrected chi connectivity index (χ4v) is 0. The predicted molar refractivity (Wildman–Crippen MR) is 14.2 cm³/mol. The van der Waals surface area contributed by atoms with Crippen LogP contribution in [0.2, 0.25) is 0 Å². The van der Waals surface area contributed by atoms with Gasteiger partial charge >= 0.3 is 19.3 Å². The Hall–Kier alpha value is 1.29. The second kappa shape index (κ2) is 58.4. The van der Waals surface area contributed by atoms with Crippen LogP contribution >= 0.6 is 0 Å². The fourth-order valence-electron chi connectivity index (χ4n) is 0. The van der Waals surface area contributed by atoms with Gasteiger partial charge in [0, 0.05) is 16.8 Å². The Morgan fingerprint density at radius 3 is 1.20 bits per heavy atom. The molecule has 0 heterocycles. The summed E-state index contributed by atoms with van der Waals surface area (Å²) in [6.45, 7) is 0. The van der Waals surface area contributed by atoms with E-state index in [1.807, 2.05) is 0 Å². The van der Waals surface area contributed by atoms with Crippen molar-refractivity contribution in [2.75, 3.05) is 0 Å². The van der Waals surface area contributed by atoms with Crippen LogP contribution in [0.1, 0.15) is 0 Å². The van der Waals surface area contributed by atoms with Crippen molar-refractivity contribution in [2.24, 2.45) is 0 Å². The van der Waals surface area contributed by atoms with Crippen LogP contribution in [0, 0.1) is 0 Å². The molecule has 0 aliphatic carbocycles. The standard InChI is InChI=1S/Al.Co.Ni.H2O.O.3H/h;;;1H2;;;;. The minimum absolute atomic E-state index is 0. The third-order valence-corrected chi connectivity index (χ3v) is 0. The molecule has 1 radical (unpaired) electrons. The summed E-state index contributed by atoms with van der Waals surface area (Å²) in [5, 5.41) is 0. The Morgan fingerprint density at radius 1 is 1.20 bits per heavy atom. The summed E-state index contributed by atoms with van der Waals surface area (Å²) in [4.78, 5) is 0. The summed E-state index contributed by atoms with van der Waals surface area (Å²) in [6, 6.07) is 0. The van der Waals surface area contributed by atoms with E-state index in [-0.39, 0.29) is 39.6 Å². The second-order valence-electron chi connectivity index (χ2n) is 0. The topological polar surface area (TPSA) is 48.6 Å². The zero-order chi connectivity index (χ0) is 2.00. The Bertz CT molecular complexity index is 9.61. The van der Waals surface area contributed by atoms with E-state index < -0.39 is 0 Å². The van der Waals surface area contributed by atoms with Crippen LogP contribution in [-0.2, 0) is 36.1 Å². The maximum absolute atomic E-state index is 7.88. The van der Waals surface area contributed by atoms with Crippen molar-refractivity contribution in [2.45, 2.75) is 0 Å². The molecular formula is H5AlCoNiO2. The van der Waals surface area contributed by atoms with Crippen molar-refractivity contribution in [3.63, 3.8) is 0 Å². The van der Waals surface area contributed by atoms with Gasteiger partial charge in [0.1, 0.15) is 0 Å². The van der Waals surface area contributed by atoms with Crippen LogP contribution < -0.4 is 0 Å². The summed E-state index contributed by atoms with van der Waals surface area (Å²) in [5.74, 6) is 0. The van der Waals surface area contributed by atoms with Crippen LogP contribution in [0.5, 0.6) is 0 Å². The first-order chi connectivity index (χ1) is 1.00. The molecule has 5 heteroatoms. The number of hydrogen-bond donors (Lipinski definition) is 0. The SMILES string of the molecule is O.[AlH3].[Co].[O]=[Ni]. The zero-order valence-electron chi connectivity index (χ0n) is 1.56. The van der Waals surface area contributed by atoms with Gasteiger partial charge in [-0.1, -0.05) is 0 Å². The molecule has 0 fully saturated rings. The van der Waals surface area contributed by atoms with Gasteiger partial charge < -0.3 is 5.48 Å². The van der Waals surface area contributed by atoms with Gasteiger partial charge in [0.2, 0.25) is 0 Å². The zero-order valence-corrected chi connectivity index (χ0v) is 3.59. The molecule has 0 aromatic carbocycles. The number of hydrogen-bond acceptors (Lipinski definition) is 1. The van der Waals surface area contributed by atoms with Gasteiger partial charge in [-0.25, -0.2) is 0 Å². The van der Waals surface area contributed by atoms with E-state index >= 15 is 0 Å². The molecule has 2 N–H and O–H groups in total. The van der Waals surface area contributed by atoms with Gasteiger partial charge in [-0.3, -0.25) is 0 Å². The normalized spacial score (nSPS) is 1.20. The monoisotopic (exact) mass is 181 g/mol. The van der Waals surface area contributed by atoms with Crippen LogP contribution in [0.3, 0.4) is 0 Å². The molecule has 5 heavy (non-hydrogen) atoms. The molecule has 0 aromatic rings. The van der Waals surface area contributed by atoms with Crippen molar-refractivity contribution in [3.8, 4) is 0 Å². The first-order valence-electron chi connectivity index (χ1n) is 0.129. The first-order valence-corrected chi connectivity index (χ1v) is 0.532. The van der Waals surface area contributed by atoms with E-state index in [9.17, 15) is 0 Å². The third kappa shape index (κ3) is 34.3. The van der Waals surface area contributed by atoms with Crippen LogP contribution in [0.4, 0.5) is 0 Å². The van der Waals surface area contributed by atoms with Crippen molar-refractivity contribution in [1.82, 2.24) is 0 Å². The molecule has 0 rings (SSSR count). The Balaban J connectivity index is -0.00000000167. The van der Waals surface area contributed by atoms with Crippen LogP contribution in [-0.4, -0.2) is 22.8 Å². The number of rotatable bonds is 0. The summed E-state index contributed by atoms with van der Waals surface area (Å²) in [7, 11) is 0. The molecule has 39 valence electrons. The van der Waals surface area contributed by atoms with Gasteiger partial charge in [-0.05, 0) is 0 Å². The van der Waals surface area contributed by atoms with Crippen molar-refractivity contribution >= 4 is 17.4 Å². The van der Waals surface area contributed by atoms with Gasteiger partial charge in [0.25, 0.3) is 0 Å². The molecule has 0 aliphatic heterocycles. The summed E-state index contributed by atoms with van der Waals surface area (Å²) >= 11 is 2.62. The molecule has 0 saturated heterocycles. The van der Waals surface area contributed by atoms with Crippen molar-refractivity contribution in [3.05, 3.63) is 0 Å². The van der Waals surface area contributed by atoms with E-state index in [1.165, 1.54) is 0 Å². The molecule has 0 unspecified atom stereocenters. The van der Waals surface area contributed by atoms with E-state index in [0.717, 1.165) is 0 Å². The fraction of sp³-hybridized carbons (Fsp3) is 0. The maximum atomic E-state index is 7.88. The van der Waals surface area contributed by atoms with Gasteiger partial charge in [-0.15, -0.1) is 0 Å². The predicted octanol–water partition coefficient (Wildman–Crippen LogP) is -2.13. The summed E-state index contributed by atoms with van der Waals surface area (Å²) < 4.78 is 7.88. The molecule has 0 saturated carbocycles. The molecular weight excluding hydrogens is 177 g/mol. The van der Waals surface area contributed by atoms with E-state index in [2.05, 4.69) is 15.4 Å². The molecule has 2 nitrogen and oxygen atoms in total. The molecule has 0 atom stereocenters. The van der Waals surface area contributed by atoms with E-state index in [4.69, 9.17) is 3.90 Å². The first kappa shape index (κ1) is 33.5. The molecule has 0 spiro atoms. The second-order valence-corrected chi connectivity index (χ2v) is 0. The Labute approximate surface area is 58.9 Å².